The summed E-state index contributed by atoms with van der Waals surface area (Å²) in [6, 6.07) is 18.9. The second-order valence-electron chi connectivity index (χ2n) is 8.48. The fourth-order valence-electron chi connectivity index (χ4n) is 4.13. The number of carbonyl (C=O) groups is 1. The van der Waals surface area contributed by atoms with Crippen LogP contribution in [0.3, 0.4) is 0 Å². The van der Waals surface area contributed by atoms with Crippen molar-refractivity contribution in [1.82, 2.24) is 20.4 Å². The highest BCUT2D eigenvalue weighted by atomic mass is 32.1. The van der Waals surface area contributed by atoms with E-state index in [1.807, 2.05) is 30.5 Å². The number of aromatic nitrogens is 2. The zero-order valence-corrected chi connectivity index (χ0v) is 19.4. The van der Waals surface area contributed by atoms with Crippen LogP contribution in [-0.2, 0) is 26.1 Å². The van der Waals surface area contributed by atoms with Crippen molar-refractivity contribution in [3.05, 3.63) is 94.1 Å². The van der Waals surface area contributed by atoms with Crippen molar-refractivity contribution in [3.63, 3.8) is 0 Å². The van der Waals surface area contributed by atoms with Gasteiger partial charge < -0.3 is 15.5 Å². The van der Waals surface area contributed by atoms with Crippen molar-refractivity contribution in [3.8, 4) is 10.4 Å². The van der Waals surface area contributed by atoms with Crippen LogP contribution in [0.1, 0.15) is 31.9 Å². The van der Waals surface area contributed by atoms with Gasteiger partial charge in [-0.3, -0.25) is 9.89 Å². The lowest BCUT2D eigenvalue weighted by Gasteiger charge is -2.25. The zero-order valence-electron chi connectivity index (χ0n) is 18.6. The number of H-pyrrole nitrogens is 1. The molecule has 0 unspecified atom stereocenters. The molecule has 0 bridgehead atoms. The Morgan fingerprint density at radius 3 is 2.82 bits per heavy atom. The van der Waals surface area contributed by atoms with Gasteiger partial charge in [-0.15, -0.1) is 11.3 Å². The molecule has 1 amide bonds. The molecule has 168 valence electrons. The first kappa shape index (κ1) is 21.4. The molecule has 1 aliphatic heterocycles. The highest BCUT2D eigenvalue weighted by molar-refractivity contribution is 7.17. The maximum absolute atomic E-state index is 12.6. The molecule has 3 heterocycles. The molecule has 0 radical (unpaired) electrons. The van der Waals surface area contributed by atoms with Crippen molar-refractivity contribution in [2.75, 3.05) is 18.9 Å². The number of anilines is 1. The van der Waals surface area contributed by atoms with Crippen molar-refractivity contribution in [2.45, 2.75) is 26.1 Å². The van der Waals surface area contributed by atoms with Crippen LogP contribution < -0.4 is 10.6 Å². The average molecular weight is 458 g/mol. The van der Waals surface area contributed by atoms with Crippen molar-refractivity contribution in [2.24, 2.45) is 0 Å². The standard InChI is InChI=1S/C26H27N5OS/c1-31-10-9-20-5-6-23(12-21(20)17-31)27-13-18-3-2-4-19(11-18)14-28-26(32)25-8-7-24(33-25)22-15-29-30-16-22/h2-8,11-12,15-16,27H,9-10,13-14,17H2,1H3,(H,28,32)(H,29,30). The van der Waals surface area contributed by atoms with E-state index >= 15 is 0 Å². The Labute approximate surface area is 197 Å². The Hall–Kier alpha value is -3.42. The third kappa shape index (κ3) is 5.16. The molecule has 0 spiro atoms. The fourth-order valence-corrected chi connectivity index (χ4v) is 5.04. The van der Waals surface area contributed by atoms with Gasteiger partial charge in [0.15, 0.2) is 0 Å². The third-order valence-electron chi connectivity index (χ3n) is 5.96. The number of hydrogen-bond acceptors (Lipinski definition) is 5. The lowest BCUT2D eigenvalue weighted by Crippen LogP contribution is -2.26. The lowest BCUT2D eigenvalue weighted by molar-refractivity contribution is 0.0955. The fraction of sp³-hybridized carbons (Fsp3) is 0.231. The van der Waals surface area contributed by atoms with Crippen LogP contribution in [0, 0.1) is 0 Å². The predicted molar refractivity (Wildman–Crippen MR) is 133 cm³/mol. The minimum atomic E-state index is -0.0581. The highest BCUT2D eigenvalue weighted by Gasteiger charge is 2.13. The lowest BCUT2D eigenvalue weighted by atomic mass is 9.99. The number of nitrogens with one attached hydrogen (secondary N) is 3. The van der Waals surface area contributed by atoms with Gasteiger partial charge in [0.05, 0.1) is 11.1 Å². The van der Waals surface area contributed by atoms with Gasteiger partial charge in [0.25, 0.3) is 5.91 Å². The summed E-state index contributed by atoms with van der Waals surface area (Å²) >= 11 is 1.47. The minimum absolute atomic E-state index is 0.0581. The molecule has 0 aliphatic carbocycles. The molecule has 2 aromatic heterocycles. The van der Waals surface area contributed by atoms with E-state index in [1.54, 1.807) is 6.20 Å². The van der Waals surface area contributed by atoms with Gasteiger partial charge in [-0.25, -0.2) is 0 Å². The molecule has 7 heteroatoms. The predicted octanol–water partition coefficient (Wildman–Crippen LogP) is 4.67. The molecule has 1 aliphatic rings. The number of likely N-dealkylation sites (N-methyl/N-ethyl adjacent to an activating group) is 1. The minimum Gasteiger partial charge on any atom is -0.381 e. The van der Waals surface area contributed by atoms with Gasteiger partial charge >= 0.3 is 0 Å². The SMILES string of the molecule is CN1CCc2ccc(NCc3cccc(CNC(=O)c4ccc(-c5cn[nH]c5)s4)c3)cc2C1. The van der Waals surface area contributed by atoms with Crippen LogP contribution >= 0.6 is 11.3 Å². The summed E-state index contributed by atoms with van der Waals surface area (Å²) in [6.45, 7) is 3.38. The maximum Gasteiger partial charge on any atom is 0.261 e. The second-order valence-corrected chi connectivity index (χ2v) is 9.56. The summed E-state index contributed by atoms with van der Waals surface area (Å²) < 4.78 is 0. The number of fused-ring (bicyclic) bond motifs is 1. The van der Waals surface area contributed by atoms with Crippen molar-refractivity contribution >= 4 is 22.9 Å². The summed E-state index contributed by atoms with van der Waals surface area (Å²) in [6.07, 6.45) is 4.71. The van der Waals surface area contributed by atoms with Crippen LogP contribution in [0.15, 0.2) is 67.0 Å². The van der Waals surface area contributed by atoms with E-state index in [0.717, 1.165) is 47.7 Å². The molecule has 0 fully saturated rings. The van der Waals surface area contributed by atoms with Gasteiger partial charge in [-0.1, -0.05) is 30.3 Å². The highest BCUT2D eigenvalue weighted by Crippen LogP contribution is 2.27. The van der Waals surface area contributed by atoms with Crippen LogP contribution in [0.25, 0.3) is 10.4 Å². The summed E-state index contributed by atoms with van der Waals surface area (Å²) in [5, 5.41) is 13.4. The van der Waals surface area contributed by atoms with Crippen LogP contribution in [-0.4, -0.2) is 34.6 Å². The van der Waals surface area contributed by atoms with Crippen LogP contribution in [0.5, 0.6) is 0 Å². The number of aromatic amines is 1. The third-order valence-corrected chi connectivity index (χ3v) is 7.10. The number of rotatable bonds is 7. The van der Waals surface area contributed by atoms with E-state index in [2.05, 4.69) is 63.1 Å². The van der Waals surface area contributed by atoms with E-state index in [0.29, 0.717) is 11.4 Å². The average Bonchev–Trinajstić information content (AvgIpc) is 3.53. The van der Waals surface area contributed by atoms with E-state index in [9.17, 15) is 4.79 Å². The van der Waals surface area contributed by atoms with E-state index in [1.165, 1.54) is 28.0 Å². The number of nitrogens with zero attached hydrogens (tertiary/aromatic N) is 2. The molecule has 0 atom stereocenters. The monoisotopic (exact) mass is 457 g/mol. The largest absolute Gasteiger partial charge is 0.381 e. The zero-order chi connectivity index (χ0) is 22.6. The number of amides is 1. The van der Waals surface area contributed by atoms with Crippen molar-refractivity contribution < 1.29 is 4.79 Å². The summed E-state index contributed by atoms with van der Waals surface area (Å²) in [4.78, 5) is 16.7. The van der Waals surface area contributed by atoms with Gasteiger partial charge in [0, 0.05) is 48.5 Å². The number of benzene rings is 2. The van der Waals surface area contributed by atoms with Gasteiger partial charge in [0.1, 0.15) is 0 Å². The molecule has 3 N–H and O–H groups in total. The van der Waals surface area contributed by atoms with E-state index in [4.69, 9.17) is 0 Å². The van der Waals surface area contributed by atoms with Crippen LogP contribution in [0.2, 0.25) is 0 Å². The Bertz CT molecular complexity index is 1250. The van der Waals surface area contributed by atoms with Crippen molar-refractivity contribution in [1.29, 1.82) is 0 Å². The molecule has 4 aromatic rings. The first-order valence-corrected chi connectivity index (χ1v) is 11.9. The summed E-state index contributed by atoms with van der Waals surface area (Å²) in [5.74, 6) is -0.0581. The quantitative estimate of drug-likeness (QED) is 0.377. The molecule has 33 heavy (non-hydrogen) atoms. The first-order valence-electron chi connectivity index (χ1n) is 11.1. The first-order chi connectivity index (χ1) is 16.1. The number of thiophene rings is 1. The Kier molecular flexibility index (Phi) is 6.24. The Morgan fingerprint density at radius 1 is 1.09 bits per heavy atom. The normalized spacial score (nSPS) is 13.5. The van der Waals surface area contributed by atoms with Gasteiger partial charge in [-0.2, -0.15) is 5.10 Å². The molecular formula is C26H27N5OS. The van der Waals surface area contributed by atoms with Gasteiger partial charge in [0.2, 0.25) is 0 Å². The van der Waals surface area contributed by atoms with Crippen LogP contribution in [0.4, 0.5) is 5.69 Å². The Morgan fingerprint density at radius 2 is 1.97 bits per heavy atom. The molecule has 2 aromatic carbocycles. The summed E-state index contributed by atoms with van der Waals surface area (Å²) in [5.41, 5.74) is 7.28. The molecule has 6 nitrogen and oxygen atoms in total. The molecule has 0 saturated heterocycles. The van der Waals surface area contributed by atoms with E-state index in [-0.39, 0.29) is 5.91 Å². The molecule has 0 saturated carbocycles. The summed E-state index contributed by atoms with van der Waals surface area (Å²) in [7, 11) is 2.17. The molecule has 5 rings (SSSR count). The topological polar surface area (TPSA) is 73.0 Å². The van der Waals surface area contributed by atoms with E-state index < -0.39 is 0 Å². The Balaban J connectivity index is 1.17. The second kappa shape index (κ2) is 9.60. The molecular weight excluding hydrogens is 430 g/mol. The smallest absolute Gasteiger partial charge is 0.261 e. The van der Waals surface area contributed by atoms with Gasteiger partial charge in [-0.05, 0) is 60.0 Å². The number of carbonyl (C=O) groups excluding carboxylic acids is 1. The number of hydrogen-bond donors (Lipinski definition) is 3. The maximum atomic E-state index is 12.6.